The number of hydrogen-bond donors (Lipinski definition) is 1. The van der Waals surface area contributed by atoms with Gasteiger partial charge in [0.15, 0.2) is 0 Å². The molecule has 1 aromatic heterocycles. The molecule has 1 atom stereocenters. The van der Waals surface area contributed by atoms with Gasteiger partial charge in [-0.3, -0.25) is 14.6 Å². The number of rotatable bonds is 10. The van der Waals surface area contributed by atoms with Gasteiger partial charge >= 0.3 is 0 Å². The van der Waals surface area contributed by atoms with Gasteiger partial charge in [0.2, 0.25) is 5.91 Å². The highest BCUT2D eigenvalue weighted by Crippen LogP contribution is 2.16. The van der Waals surface area contributed by atoms with Gasteiger partial charge < -0.3 is 15.1 Å². The summed E-state index contributed by atoms with van der Waals surface area (Å²) in [5.41, 5.74) is 0.321. The summed E-state index contributed by atoms with van der Waals surface area (Å²) in [7, 11) is 0. The Balaban J connectivity index is 1.68. The van der Waals surface area contributed by atoms with Crippen LogP contribution in [0.4, 0.5) is 0 Å². The Kier molecular flexibility index (Phi) is 9.18. The maximum Gasteiger partial charge on any atom is 0.274 e. The van der Waals surface area contributed by atoms with Gasteiger partial charge in [-0.2, -0.15) is 0 Å². The van der Waals surface area contributed by atoms with Crippen molar-refractivity contribution < 1.29 is 9.59 Å². The first-order chi connectivity index (χ1) is 13.1. The SMILES string of the molecule is CCCN(CCC(=O)NCCCN1CCCCC1C)C(=O)c1cnccn1. The van der Waals surface area contributed by atoms with Crippen LogP contribution < -0.4 is 5.32 Å². The molecule has 2 heterocycles. The largest absolute Gasteiger partial charge is 0.356 e. The van der Waals surface area contributed by atoms with Crippen molar-refractivity contribution in [3.05, 3.63) is 24.3 Å². The Bertz CT molecular complexity index is 581. The topological polar surface area (TPSA) is 78.4 Å². The molecule has 1 aliphatic rings. The Morgan fingerprint density at radius 1 is 1.30 bits per heavy atom. The van der Waals surface area contributed by atoms with Gasteiger partial charge in [0.1, 0.15) is 5.69 Å². The molecule has 0 saturated carbocycles. The van der Waals surface area contributed by atoms with Crippen LogP contribution in [-0.4, -0.2) is 70.3 Å². The highest BCUT2D eigenvalue weighted by Gasteiger charge is 2.18. The first kappa shape index (κ1) is 21.3. The zero-order valence-electron chi connectivity index (χ0n) is 16.7. The summed E-state index contributed by atoms with van der Waals surface area (Å²) >= 11 is 0. The zero-order valence-corrected chi connectivity index (χ0v) is 16.7. The van der Waals surface area contributed by atoms with Crippen molar-refractivity contribution in [2.45, 2.75) is 58.4 Å². The lowest BCUT2D eigenvalue weighted by Gasteiger charge is -2.33. The second kappa shape index (κ2) is 11.6. The number of nitrogens with zero attached hydrogens (tertiary/aromatic N) is 4. The van der Waals surface area contributed by atoms with Crippen molar-refractivity contribution in [2.24, 2.45) is 0 Å². The van der Waals surface area contributed by atoms with E-state index in [1.807, 2.05) is 6.92 Å². The Morgan fingerprint density at radius 3 is 2.85 bits per heavy atom. The van der Waals surface area contributed by atoms with Gasteiger partial charge in [0, 0.05) is 51.0 Å². The molecule has 0 aromatic carbocycles. The molecule has 1 aliphatic heterocycles. The maximum atomic E-state index is 12.5. The first-order valence-electron chi connectivity index (χ1n) is 10.2. The van der Waals surface area contributed by atoms with E-state index in [1.54, 1.807) is 11.1 Å². The Hall–Kier alpha value is -2.02. The Morgan fingerprint density at radius 2 is 2.15 bits per heavy atom. The summed E-state index contributed by atoms with van der Waals surface area (Å²) in [6, 6.07) is 0.657. The minimum absolute atomic E-state index is 0.00487. The fourth-order valence-electron chi connectivity index (χ4n) is 3.48. The van der Waals surface area contributed by atoms with Crippen LogP contribution in [0.2, 0.25) is 0 Å². The summed E-state index contributed by atoms with van der Waals surface area (Å²) in [5.74, 6) is -0.174. The summed E-state index contributed by atoms with van der Waals surface area (Å²) in [6.07, 6.45) is 10.5. The van der Waals surface area contributed by atoms with E-state index in [4.69, 9.17) is 0 Å². The molecular formula is C20H33N5O2. The third-order valence-corrected chi connectivity index (χ3v) is 5.06. The van der Waals surface area contributed by atoms with Crippen LogP contribution in [0.5, 0.6) is 0 Å². The maximum absolute atomic E-state index is 12.5. The predicted molar refractivity (Wildman–Crippen MR) is 105 cm³/mol. The van der Waals surface area contributed by atoms with E-state index in [9.17, 15) is 9.59 Å². The van der Waals surface area contributed by atoms with Crippen LogP contribution >= 0.6 is 0 Å². The molecule has 1 fully saturated rings. The van der Waals surface area contributed by atoms with Gasteiger partial charge in [0.05, 0.1) is 6.20 Å². The van der Waals surface area contributed by atoms with Crippen molar-refractivity contribution in [2.75, 3.05) is 32.7 Å². The van der Waals surface area contributed by atoms with Crippen LogP contribution in [-0.2, 0) is 4.79 Å². The third-order valence-electron chi connectivity index (χ3n) is 5.06. The van der Waals surface area contributed by atoms with Crippen molar-refractivity contribution in [3.63, 3.8) is 0 Å². The monoisotopic (exact) mass is 375 g/mol. The quantitative estimate of drug-likeness (QED) is 0.634. The van der Waals surface area contributed by atoms with E-state index in [0.29, 0.717) is 37.8 Å². The Labute approximate surface area is 162 Å². The zero-order chi connectivity index (χ0) is 19.5. The van der Waals surface area contributed by atoms with Gasteiger partial charge in [0.25, 0.3) is 5.91 Å². The summed E-state index contributed by atoms with van der Waals surface area (Å²) in [4.78, 5) is 36.8. The third kappa shape index (κ3) is 7.25. The average molecular weight is 376 g/mol. The fraction of sp³-hybridized carbons (Fsp3) is 0.700. The molecule has 0 bridgehead atoms. The molecule has 2 rings (SSSR count). The minimum atomic E-state index is -0.170. The van der Waals surface area contributed by atoms with E-state index >= 15 is 0 Å². The molecule has 2 amide bonds. The van der Waals surface area contributed by atoms with E-state index in [-0.39, 0.29) is 11.8 Å². The first-order valence-corrected chi connectivity index (χ1v) is 10.2. The summed E-state index contributed by atoms with van der Waals surface area (Å²) in [6.45, 7) is 8.20. The summed E-state index contributed by atoms with van der Waals surface area (Å²) in [5, 5.41) is 2.98. The minimum Gasteiger partial charge on any atom is -0.356 e. The lowest BCUT2D eigenvalue weighted by atomic mass is 10.0. The molecular weight excluding hydrogens is 342 g/mol. The number of aromatic nitrogens is 2. The van der Waals surface area contributed by atoms with Crippen LogP contribution in [0.1, 0.15) is 62.9 Å². The molecule has 27 heavy (non-hydrogen) atoms. The van der Waals surface area contributed by atoms with Crippen LogP contribution in [0, 0.1) is 0 Å². The molecule has 0 spiro atoms. The van der Waals surface area contributed by atoms with E-state index in [0.717, 1.165) is 19.4 Å². The molecule has 0 aliphatic carbocycles. The molecule has 1 aromatic rings. The number of carbonyl (C=O) groups excluding carboxylic acids is 2. The van der Waals surface area contributed by atoms with Gasteiger partial charge in [-0.15, -0.1) is 0 Å². The number of nitrogens with one attached hydrogen (secondary N) is 1. The van der Waals surface area contributed by atoms with E-state index in [2.05, 4.69) is 27.1 Å². The van der Waals surface area contributed by atoms with E-state index < -0.39 is 0 Å². The second-order valence-electron chi connectivity index (χ2n) is 7.22. The lowest BCUT2D eigenvalue weighted by molar-refractivity contribution is -0.121. The second-order valence-corrected chi connectivity index (χ2v) is 7.22. The highest BCUT2D eigenvalue weighted by molar-refractivity contribution is 5.92. The molecule has 1 saturated heterocycles. The summed E-state index contributed by atoms with van der Waals surface area (Å²) < 4.78 is 0. The molecule has 150 valence electrons. The smallest absolute Gasteiger partial charge is 0.274 e. The predicted octanol–water partition coefficient (Wildman–Crippen LogP) is 2.10. The molecule has 0 radical (unpaired) electrons. The number of piperidine rings is 1. The van der Waals surface area contributed by atoms with Crippen LogP contribution in [0.25, 0.3) is 0 Å². The lowest BCUT2D eigenvalue weighted by Crippen LogP contribution is -2.39. The van der Waals surface area contributed by atoms with Crippen molar-refractivity contribution in [1.82, 2.24) is 25.1 Å². The number of carbonyl (C=O) groups is 2. The number of likely N-dealkylation sites (tertiary alicyclic amines) is 1. The standard InChI is InChI=1S/C20H33N5O2/c1-3-12-25(20(27)18-16-21-10-11-22-18)15-8-19(26)23-9-6-14-24-13-5-4-7-17(24)2/h10-11,16-17H,3-9,12-15H2,1-2H3,(H,23,26). The number of amides is 2. The molecule has 7 nitrogen and oxygen atoms in total. The normalized spacial score (nSPS) is 17.5. The van der Waals surface area contributed by atoms with Crippen molar-refractivity contribution >= 4 is 11.8 Å². The number of hydrogen-bond acceptors (Lipinski definition) is 5. The van der Waals surface area contributed by atoms with E-state index in [1.165, 1.54) is 38.2 Å². The van der Waals surface area contributed by atoms with Gasteiger partial charge in [-0.05, 0) is 39.2 Å². The van der Waals surface area contributed by atoms with Crippen molar-refractivity contribution in [1.29, 1.82) is 0 Å². The van der Waals surface area contributed by atoms with Gasteiger partial charge in [-0.25, -0.2) is 4.98 Å². The fourth-order valence-corrected chi connectivity index (χ4v) is 3.48. The highest BCUT2D eigenvalue weighted by atomic mass is 16.2. The van der Waals surface area contributed by atoms with Crippen LogP contribution in [0.15, 0.2) is 18.6 Å². The molecule has 7 heteroatoms. The van der Waals surface area contributed by atoms with Gasteiger partial charge in [-0.1, -0.05) is 13.3 Å². The molecule has 1 N–H and O–H groups in total. The molecule has 1 unspecified atom stereocenters. The van der Waals surface area contributed by atoms with Crippen LogP contribution in [0.3, 0.4) is 0 Å². The van der Waals surface area contributed by atoms with Crippen molar-refractivity contribution in [3.8, 4) is 0 Å². The average Bonchev–Trinajstić information content (AvgIpc) is 2.70.